The number of rotatable bonds is 8. The molecule has 3 aromatic rings. The molecule has 0 saturated heterocycles. The largest absolute Gasteiger partial charge is 0.497 e. The van der Waals surface area contributed by atoms with Crippen LogP contribution in [0.3, 0.4) is 0 Å². The van der Waals surface area contributed by atoms with E-state index in [1.165, 1.54) is 43.5 Å². The van der Waals surface area contributed by atoms with Gasteiger partial charge >= 0.3 is 18.3 Å². The fourth-order valence-electron chi connectivity index (χ4n) is 3.97. The lowest BCUT2D eigenvalue weighted by Gasteiger charge is -2.35. The van der Waals surface area contributed by atoms with Gasteiger partial charge in [0.15, 0.2) is 0 Å². The third-order valence-electron chi connectivity index (χ3n) is 5.60. The summed E-state index contributed by atoms with van der Waals surface area (Å²) in [5.41, 5.74) is -2.45. The second-order valence-electron chi connectivity index (χ2n) is 7.94. The zero-order valence-corrected chi connectivity index (χ0v) is 19.2. The molecule has 3 rings (SSSR count). The van der Waals surface area contributed by atoms with Crippen molar-refractivity contribution in [2.45, 2.75) is 30.9 Å². The first-order valence-corrected chi connectivity index (χ1v) is 10.7. The molecule has 37 heavy (non-hydrogen) atoms. The van der Waals surface area contributed by atoms with E-state index in [0.717, 1.165) is 30.3 Å². The Labute approximate surface area is 207 Å². The van der Waals surface area contributed by atoms with Gasteiger partial charge in [-0.05, 0) is 41.5 Å². The molecular formula is C25H20F6N2O4. The number of carbonyl (C=O) groups is 1. The van der Waals surface area contributed by atoms with Crippen molar-refractivity contribution < 1.29 is 40.8 Å². The first-order chi connectivity index (χ1) is 17.3. The second-order valence-corrected chi connectivity index (χ2v) is 7.94. The third kappa shape index (κ3) is 6.38. The first kappa shape index (κ1) is 27.5. The highest BCUT2D eigenvalue weighted by Gasteiger charge is 2.51. The normalized spacial score (nSPS) is 13.5. The van der Waals surface area contributed by atoms with Crippen LogP contribution in [0.15, 0.2) is 78.9 Å². The molecule has 0 fully saturated rings. The molecule has 0 bridgehead atoms. The minimum absolute atomic E-state index is 0.0143. The zero-order chi connectivity index (χ0) is 27.4. The van der Waals surface area contributed by atoms with E-state index in [1.54, 1.807) is 6.07 Å². The van der Waals surface area contributed by atoms with E-state index in [9.17, 15) is 41.3 Å². The molecule has 0 aliphatic rings. The van der Waals surface area contributed by atoms with Gasteiger partial charge in [-0.1, -0.05) is 48.5 Å². The van der Waals surface area contributed by atoms with Crippen molar-refractivity contribution in [3.8, 4) is 5.75 Å². The van der Waals surface area contributed by atoms with E-state index in [0.29, 0.717) is 6.07 Å². The maximum absolute atomic E-state index is 14.0. The maximum Gasteiger partial charge on any atom is 0.471 e. The van der Waals surface area contributed by atoms with Crippen molar-refractivity contribution in [2.75, 3.05) is 12.0 Å². The van der Waals surface area contributed by atoms with Gasteiger partial charge in [-0.25, -0.2) is 0 Å². The van der Waals surface area contributed by atoms with E-state index in [1.807, 2.05) is 0 Å². The van der Waals surface area contributed by atoms with E-state index >= 15 is 0 Å². The number of nitro groups is 1. The zero-order valence-electron chi connectivity index (χ0n) is 19.2. The van der Waals surface area contributed by atoms with Crippen molar-refractivity contribution >= 4 is 11.6 Å². The minimum atomic E-state index is -5.56. The summed E-state index contributed by atoms with van der Waals surface area (Å²) in [6.45, 7) is 0. The number of amides is 1. The lowest BCUT2D eigenvalue weighted by molar-refractivity contribution is -0.526. The molecule has 0 aromatic heterocycles. The fraction of sp³-hybridized carbons (Fsp3) is 0.240. The summed E-state index contributed by atoms with van der Waals surface area (Å²) in [7, 11) is 1.28. The van der Waals surface area contributed by atoms with Crippen molar-refractivity contribution in [1.82, 2.24) is 0 Å². The van der Waals surface area contributed by atoms with Gasteiger partial charge in [0.1, 0.15) is 11.8 Å². The predicted octanol–water partition coefficient (Wildman–Crippen LogP) is 6.24. The summed E-state index contributed by atoms with van der Waals surface area (Å²) in [5.74, 6) is -2.37. The van der Waals surface area contributed by atoms with Crippen molar-refractivity contribution in [2.24, 2.45) is 0 Å². The SMILES string of the molecule is COc1ccc(N(C(=O)C(F)(F)F)[C@@H](c2ccccc2C(F)(F)F)[C@H](Cc2ccccc2)[N+](=O)[O-])cc1. The Bertz CT molecular complexity index is 1230. The number of benzene rings is 3. The molecule has 0 radical (unpaired) electrons. The highest BCUT2D eigenvalue weighted by Crippen LogP contribution is 2.42. The number of methoxy groups -OCH3 is 1. The molecule has 3 aromatic carbocycles. The average Bonchev–Trinajstić information content (AvgIpc) is 2.85. The molecule has 0 aliphatic heterocycles. The average molecular weight is 526 g/mol. The lowest BCUT2D eigenvalue weighted by Crippen LogP contribution is -2.50. The Balaban J connectivity index is 2.34. The smallest absolute Gasteiger partial charge is 0.471 e. The summed E-state index contributed by atoms with van der Waals surface area (Å²) < 4.78 is 88.4. The summed E-state index contributed by atoms with van der Waals surface area (Å²) in [5, 5.41) is 12.3. The number of hydrogen-bond acceptors (Lipinski definition) is 4. The lowest BCUT2D eigenvalue weighted by atomic mass is 9.89. The summed E-state index contributed by atoms with van der Waals surface area (Å²) in [6, 6.07) is 11.2. The van der Waals surface area contributed by atoms with Gasteiger partial charge < -0.3 is 4.74 Å². The number of halogens is 6. The third-order valence-corrected chi connectivity index (χ3v) is 5.60. The number of hydrogen-bond donors (Lipinski definition) is 0. The van der Waals surface area contributed by atoms with Gasteiger partial charge in [-0.3, -0.25) is 19.8 Å². The quantitative estimate of drug-likeness (QED) is 0.198. The van der Waals surface area contributed by atoms with Crippen molar-refractivity contribution in [3.05, 3.63) is 106 Å². The van der Waals surface area contributed by atoms with Gasteiger partial charge in [0.05, 0.1) is 12.7 Å². The molecule has 0 aliphatic carbocycles. The van der Waals surface area contributed by atoms with Crippen LogP contribution < -0.4 is 9.64 Å². The van der Waals surface area contributed by atoms with Gasteiger partial charge in [-0.2, -0.15) is 26.3 Å². The summed E-state index contributed by atoms with van der Waals surface area (Å²) in [4.78, 5) is 24.1. The van der Waals surface area contributed by atoms with Crippen LogP contribution in [0.1, 0.15) is 22.7 Å². The minimum Gasteiger partial charge on any atom is -0.497 e. The summed E-state index contributed by atoms with van der Waals surface area (Å²) in [6.07, 6.45) is -11.2. The van der Waals surface area contributed by atoms with Crippen LogP contribution in [0, 0.1) is 10.1 Å². The Morgan fingerprint density at radius 1 is 0.919 bits per heavy atom. The van der Waals surface area contributed by atoms with E-state index in [4.69, 9.17) is 4.74 Å². The number of alkyl halides is 6. The number of carbonyl (C=O) groups excluding carboxylic acids is 1. The Kier molecular flexibility index (Phi) is 8.09. The van der Waals surface area contributed by atoms with Gasteiger partial charge in [-0.15, -0.1) is 0 Å². The molecular weight excluding hydrogens is 506 g/mol. The standard InChI is InChI=1S/C25H20F6N2O4/c1-37-18-13-11-17(12-14-18)32(23(34)25(29,30)31)22(19-9-5-6-10-20(19)24(26,27)28)21(33(35)36)15-16-7-3-2-4-8-16/h2-14,21-22H,15H2,1H3/t21-,22-/m0/s1. The molecule has 6 nitrogen and oxygen atoms in total. The molecule has 0 spiro atoms. The molecule has 1 amide bonds. The molecule has 2 atom stereocenters. The van der Waals surface area contributed by atoms with E-state index in [2.05, 4.69) is 0 Å². The Hall–Kier alpha value is -4.09. The highest BCUT2D eigenvalue weighted by molar-refractivity contribution is 5.98. The fourth-order valence-corrected chi connectivity index (χ4v) is 3.97. The van der Waals surface area contributed by atoms with Crippen LogP contribution in [0.4, 0.5) is 32.0 Å². The molecule has 0 heterocycles. The molecule has 12 heteroatoms. The number of anilines is 1. The van der Waals surface area contributed by atoms with Crippen LogP contribution in [0.2, 0.25) is 0 Å². The van der Waals surface area contributed by atoms with E-state index < -0.39 is 58.5 Å². The molecule has 196 valence electrons. The monoisotopic (exact) mass is 526 g/mol. The molecule has 0 N–H and O–H groups in total. The van der Waals surface area contributed by atoms with Crippen LogP contribution in [-0.4, -0.2) is 30.2 Å². The van der Waals surface area contributed by atoms with Gasteiger partial charge in [0.25, 0.3) is 0 Å². The van der Waals surface area contributed by atoms with Crippen LogP contribution >= 0.6 is 0 Å². The topological polar surface area (TPSA) is 72.7 Å². The second kappa shape index (κ2) is 10.9. The molecule has 0 saturated carbocycles. The van der Waals surface area contributed by atoms with Crippen LogP contribution in [-0.2, 0) is 17.4 Å². The Morgan fingerprint density at radius 3 is 2.00 bits per heavy atom. The summed E-state index contributed by atoms with van der Waals surface area (Å²) >= 11 is 0. The Morgan fingerprint density at radius 2 is 1.49 bits per heavy atom. The number of ether oxygens (including phenoxy) is 1. The van der Waals surface area contributed by atoms with Gasteiger partial charge in [0, 0.05) is 17.0 Å². The molecule has 0 unspecified atom stereocenters. The van der Waals surface area contributed by atoms with E-state index in [-0.39, 0.29) is 16.2 Å². The highest BCUT2D eigenvalue weighted by atomic mass is 19.4. The van der Waals surface area contributed by atoms with Crippen molar-refractivity contribution in [3.63, 3.8) is 0 Å². The van der Waals surface area contributed by atoms with Crippen molar-refractivity contribution in [1.29, 1.82) is 0 Å². The van der Waals surface area contributed by atoms with Crippen LogP contribution in [0.25, 0.3) is 0 Å². The maximum atomic E-state index is 14.0. The van der Waals surface area contributed by atoms with Gasteiger partial charge in [0.2, 0.25) is 6.04 Å². The van der Waals surface area contributed by atoms with Crippen LogP contribution in [0.5, 0.6) is 5.75 Å². The number of nitrogens with zero attached hydrogens (tertiary/aromatic N) is 2. The predicted molar refractivity (Wildman–Crippen MR) is 122 cm³/mol. The first-order valence-electron chi connectivity index (χ1n) is 10.7.